The molecule has 1 atom stereocenters. The van der Waals surface area contributed by atoms with Crippen LogP contribution >= 0.6 is 18.9 Å². The molecule has 0 heterocycles. The van der Waals surface area contributed by atoms with E-state index in [0.717, 1.165) is 34.6 Å². The van der Waals surface area contributed by atoms with E-state index in [4.69, 9.17) is 0 Å². The predicted molar refractivity (Wildman–Crippen MR) is 173 cm³/mol. The molecule has 5 nitrogen and oxygen atoms in total. The molecule has 7 heteroatoms. The van der Waals surface area contributed by atoms with Crippen molar-refractivity contribution in [1.82, 2.24) is 5.32 Å². The molecular formula is C34H48NO4PS. The van der Waals surface area contributed by atoms with Crippen molar-refractivity contribution < 1.29 is 19.3 Å². The van der Waals surface area contributed by atoms with Crippen molar-refractivity contribution in [2.45, 2.75) is 89.8 Å². The number of carboxylic acid groups (broad SMARTS) is 1. The molecule has 2 aromatic carbocycles. The molecule has 0 bridgehead atoms. The van der Waals surface area contributed by atoms with Gasteiger partial charge in [-0.05, 0) is 71.6 Å². The van der Waals surface area contributed by atoms with Gasteiger partial charge in [-0.15, -0.1) is 0 Å². The maximum absolute atomic E-state index is 14.8. The highest BCUT2D eigenvalue weighted by molar-refractivity contribution is 7.98. The van der Waals surface area contributed by atoms with Gasteiger partial charge < -0.3 is 15.0 Å². The van der Waals surface area contributed by atoms with Gasteiger partial charge in [-0.25, -0.2) is 4.79 Å². The minimum absolute atomic E-state index is 0.367. The third kappa shape index (κ3) is 9.22. The van der Waals surface area contributed by atoms with Gasteiger partial charge in [0, 0.05) is 24.0 Å². The number of carbonyl (C=O) groups excluding carboxylic acids is 1. The van der Waals surface area contributed by atoms with Crippen molar-refractivity contribution in [1.29, 1.82) is 0 Å². The Morgan fingerprint density at radius 3 is 2.10 bits per heavy atom. The van der Waals surface area contributed by atoms with Crippen molar-refractivity contribution in [3.63, 3.8) is 0 Å². The highest BCUT2D eigenvalue weighted by atomic mass is 32.2. The number of thioether (sulfide) groups is 1. The summed E-state index contributed by atoms with van der Waals surface area (Å²) in [6.07, 6.45) is 17.0. The zero-order chi connectivity index (χ0) is 29.2. The number of nitrogens with one attached hydrogen (secondary N) is 1. The smallest absolute Gasteiger partial charge is 0.326 e. The van der Waals surface area contributed by atoms with E-state index in [9.17, 15) is 19.3 Å². The Bertz CT molecular complexity index is 1190. The van der Waals surface area contributed by atoms with Crippen LogP contribution in [0.2, 0.25) is 0 Å². The molecule has 2 aromatic rings. The van der Waals surface area contributed by atoms with Crippen molar-refractivity contribution in [3.8, 4) is 11.1 Å². The lowest BCUT2D eigenvalue weighted by molar-refractivity contribution is -0.139. The third-order valence-corrected chi connectivity index (χ3v) is 13.0. The van der Waals surface area contributed by atoms with Crippen LogP contribution in [-0.4, -0.2) is 47.4 Å². The summed E-state index contributed by atoms with van der Waals surface area (Å²) in [6.45, 7) is 2.03. The van der Waals surface area contributed by atoms with Gasteiger partial charge in [-0.2, -0.15) is 11.8 Å². The van der Waals surface area contributed by atoms with E-state index in [1.165, 1.54) is 64.2 Å². The molecule has 2 fully saturated rings. The minimum atomic E-state index is -2.47. The molecule has 4 rings (SSSR count). The number of hydrogen-bond acceptors (Lipinski definition) is 4. The minimum Gasteiger partial charge on any atom is -0.480 e. The van der Waals surface area contributed by atoms with Crippen LogP contribution in [0.15, 0.2) is 42.5 Å². The molecule has 2 saturated carbocycles. The SMILES string of the molecule is CSCC[C@H](NC(=O)c1ccc(CP(=O)(CC2CCCCC2)CC2CCCCC2)cc1-c1ccccc1C)C(=O)O. The predicted octanol–water partition coefficient (Wildman–Crippen LogP) is 8.62. The number of aliphatic carboxylic acids is 1. The van der Waals surface area contributed by atoms with Crippen LogP contribution in [0.3, 0.4) is 0 Å². The standard InChI is InChI=1S/C34H48NO4PS/c1-25-11-9-10-16-29(25)31-21-28(17-18-30(31)33(36)35-32(34(37)38)19-20-41-2)24-40(39,22-26-12-5-3-6-13-26)23-27-14-7-4-8-15-27/h9-11,16-18,21,26-27,32H,3-8,12-15,19-20,22-24H2,1-2H3,(H,35,36)(H,37,38)/t32-/m0/s1. The molecule has 2 N–H and O–H groups in total. The summed E-state index contributed by atoms with van der Waals surface area (Å²) < 4.78 is 14.8. The quantitative estimate of drug-likeness (QED) is 0.226. The highest BCUT2D eigenvalue weighted by Gasteiger charge is 2.32. The topological polar surface area (TPSA) is 83.5 Å². The van der Waals surface area contributed by atoms with Crippen molar-refractivity contribution >= 4 is 30.8 Å². The second-order valence-corrected chi connectivity index (χ2v) is 16.6. The van der Waals surface area contributed by atoms with Crippen LogP contribution in [0.4, 0.5) is 0 Å². The van der Waals surface area contributed by atoms with Crippen LogP contribution in [0.1, 0.15) is 92.1 Å². The van der Waals surface area contributed by atoms with Crippen LogP contribution in [0.25, 0.3) is 11.1 Å². The Kier molecular flexibility index (Phi) is 12.0. The van der Waals surface area contributed by atoms with Crippen LogP contribution in [-0.2, 0) is 15.5 Å². The van der Waals surface area contributed by atoms with Crippen LogP contribution < -0.4 is 5.32 Å². The molecule has 1 amide bonds. The molecule has 0 aliphatic heterocycles. The van der Waals surface area contributed by atoms with Gasteiger partial charge in [-0.1, -0.05) is 94.5 Å². The number of carboxylic acids is 1. The molecular weight excluding hydrogens is 549 g/mol. The second kappa shape index (κ2) is 15.4. The zero-order valence-corrected chi connectivity index (χ0v) is 26.6. The maximum Gasteiger partial charge on any atom is 0.326 e. The van der Waals surface area contributed by atoms with Gasteiger partial charge >= 0.3 is 5.97 Å². The summed E-state index contributed by atoms with van der Waals surface area (Å²) in [7, 11) is -2.47. The van der Waals surface area contributed by atoms with Crippen molar-refractivity contribution in [2.75, 3.05) is 24.3 Å². The summed E-state index contributed by atoms with van der Waals surface area (Å²) in [5.74, 6) is 0.378. The Morgan fingerprint density at radius 2 is 1.54 bits per heavy atom. The Labute approximate surface area is 251 Å². The van der Waals surface area contributed by atoms with Crippen LogP contribution in [0.5, 0.6) is 0 Å². The summed E-state index contributed by atoms with van der Waals surface area (Å²) in [4.78, 5) is 25.4. The average Bonchev–Trinajstić information content (AvgIpc) is 2.96. The van der Waals surface area contributed by atoms with E-state index in [-0.39, 0.29) is 5.91 Å². The summed E-state index contributed by atoms with van der Waals surface area (Å²) >= 11 is 1.56. The lowest BCUT2D eigenvalue weighted by Gasteiger charge is -2.31. The van der Waals surface area contributed by atoms with Crippen LogP contribution in [0, 0.1) is 18.8 Å². The summed E-state index contributed by atoms with van der Waals surface area (Å²) in [6, 6.07) is 12.9. The Morgan fingerprint density at radius 1 is 0.927 bits per heavy atom. The fourth-order valence-corrected chi connectivity index (χ4v) is 11.3. The first-order chi connectivity index (χ1) is 19.8. The normalized spacial score (nSPS) is 17.7. The van der Waals surface area contributed by atoms with Crippen molar-refractivity contribution in [2.24, 2.45) is 11.8 Å². The molecule has 0 unspecified atom stereocenters. The average molecular weight is 598 g/mol. The van der Waals surface area contributed by atoms with E-state index in [2.05, 4.69) is 11.4 Å². The van der Waals surface area contributed by atoms with Gasteiger partial charge in [0.15, 0.2) is 0 Å². The van der Waals surface area contributed by atoms with E-state index < -0.39 is 19.2 Å². The molecule has 0 saturated heterocycles. The number of hydrogen-bond donors (Lipinski definition) is 2. The number of amides is 1. The molecule has 41 heavy (non-hydrogen) atoms. The fraction of sp³-hybridized carbons (Fsp3) is 0.588. The monoisotopic (exact) mass is 597 g/mol. The molecule has 224 valence electrons. The zero-order valence-electron chi connectivity index (χ0n) is 24.9. The van der Waals surface area contributed by atoms with Gasteiger partial charge in [0.05, 0.1) is 7.14 Å². The van der Waals surface area contributed by atoms with E-state index >= 15 is 0 Å². The molecule has 2 aliphatic carbocycles. The molecule has 0 spiro atoms. The summed E-state index contributed by atoms with van der Waals surface area (Å²) in [5.41, 5.74) is 4.27. The number of benzene rings is 2. The largest absolute Gasteiger partial charge is 0.480 e. The second-order valence-electron chi connectivity index (χ2n) is 12.4. The first-order valence-corrected chi connectivity index (χ1v) is 19.2. The number of aryl methyl sites for hydroxylation is 1. The highest BCUT2D eigenvalue weighted by Crippen LogP contribution is 2.55. The number of rotatable bonds is 13. The molecule has 2 aliphatic rings. The first-order valence-electron chi connectivity index (χ1n) is 15.6. The van der Waals surface area contributed by atoms with Gasteiger partial charge in [-0.3, -0.25) is 4.79 Å². The summed E-state index contributed by atoms with van der Waals surface area (Å²) in [5, 5.41) is 12.5. The lowest BCUT2D eigenvalue weighted by atomic mass is 9.91. The number of carbonyl (C=O) groups is 2. The van der Waals surface area contributed by atoms with E-state index in [1.54, 1.807) is 11.8 Å². The van der Waals surface area contributed by atoms with Gasteiger partial charge in [0.2, 0.25) is 0 Å². The maximum atomic E-state index is 14.8. The van der Waals surface area contributed by atoms with Gasteiger partial charge in [0.25, 0.3) is 5.91 Å². The van der Waals surface area contributed by atoms with E-state index in [0.29, 0.717) is 35.7 Å². The first kappa shape index (κ1) is 31.9. The molecule has 0 radical (unpaired) electrons. The third-order valence-electron chi connectivity index (χ3n) is 9.08. The Hall–Kier alpha value is -2.04. The molecule has 0 aromatic heterocycles. The van der Waals surface area contributed by atoms with E-state index in [1.807, 2.05) is 49.6 Å². The fourth-order valence-electron chi connectivity index (χ4n) is 6.93. The lowest BCUT2D eigenvalue weighted by Crippen LogP contribution is -2.41. The van der Waals surface area contributed by atoms with Crippen molar-refractivity contribution in [3.05, 3.63) is 59.2 Å². The Balaban J connectivity index is 1.65. The van der Waals surface area contributed by atoms with Gasteiger partial charge in [0.1, 0.15) is 6.04 Å².